The van der Waals surface area contributed by atoms with Crippen molar-refractivity contribution in [2.75, 3.05) is 14.2 Å². The number of rotatable bonds is 8. The van der Waals surface area contributed by atoms with E-state index in [4.69, 9.17) is 21.1 Å². The lowest BCUT2D eigenvalue weighted by Gasteiger charge is -2.15. The summed E-state index contributed by atoms with van der Waals surface area (Å²) in [5.41, 5.74) is 3.04. The van der Waals surface area contributed by atoms with Gasteiger partial charge in [-0.05, 0) is 25.5 Å². The number of methoxy groups -OCH3 is 2. The van der Waals surface area contributed by atoms with Crippen LogP contribution in [0.1, 0.15) is 34.7 Å². The van der Waals surface area contributed by atoms with Crippen molar-refractivity contribution in [3.63, 3.8) is 0 Å². The van der Waals surface area contributed by atoms with E-state index in [9.17, 15) is 4.79 Å². The second-order valence-electron chi connectivity index (χ2n) is 7.13. The van der Waals surface area contributed by atoms with Gasteiger partial charge in [-0.3, -0.25) is 4.79 Å². The van der Waals surface area contributed by atoms with Gasteiger partial charge in [-0.2, -0.15) is 15.2 Å². The fourth-order valence-corrected chi connectivity index (χ4v) is 4.53. The zero-order chi connectivity index (χ0) is 22.8. The van der Waals surface area contributed by atoms with E-state index in [0.29, 0.717) is 16.4 Å². The Morgan fingerprint density at radius 1 is 1.19 bits per heavy atom. The van der Waals surface area contributed by atoms with Crippen LogP contribution in [0.2, 0.25) is 5.02 Å². The molecule has 1 unspecified atom stereocenters. The lowest BCUT2D eigenvalue weighted by Crippen LogP contribution is -2.14. The number of pyridine rings is 2. The number of fused-ring (bicyclic) bond motifs is 1. The molecular formula is C21H21ClN6O3S. The Bertz CT molecular complexity index is 1270. The fourth-order valence-electron chi connectivity index (χ4n) is 3.51. The van der Waals surface area contributed by atoms with Crippen LogP contribution in [0.5, 0.6) is 5.88 Å². The molecule has 0 saturated heterocycles. The number of hydrogen-bond acceptors (Lipinski definition) is 9. The average Bonchev–Trinajstić information content (AvgIpc) is 3.42. The first-order valence-corrected chi connectivity index (χ1v) is 11.0. The third-order valence-electron chi connectivity index (χ3n) is 4.99. The van der Waals surface area contributed by atoms with Crippen LogP contribution in [-0.4, -0.2) is 49.9 Å². The topological polar surface area (TPSA) is 105 Å². The number of hydrogen-bond donors (Lipinski definition) is 0. The van der Waals surface area contributed by atoms with Gasteiger partial charge in [-0.15, -0.1) is 4.80 Å². The smallest absolute Gasteiger partial charge is 0.234 e. The first-order valence-electron chi connectivity index (χ1n) is 9.80. The summed E-state index contributed by atoms with van der Waals surface area (Å²) in [5.74, 6) is 0.581. The van der Waals surface area contributed by atoms with Gasteiger partial charge in [0.15, 0.2) is 5.82 Å². The average molecular weight is 473 g/mol. The van der Waals surface area contributed by atoms with E-state index in [0.717, 1.165) is 26.5 Å². The number of ketones is 1. The quantitative estimate of drug-likeness (QED) is 0.382. The predicted octanol–water partition coefficient (Wildman–Crippen LogP) is 3.70. The first-order chi connectivity index (χ1) is 15.4. The molecular weight excluding hydrogens is 452 g/mol. The number of halogens is 1. The van der Waals surface area contributed by atoms with Crippen LogP contribution in [0.4, 0.5) is 0 Å². The number of aryl methyl sites for hydroxylation is 1. The Balaban J connectivity index is 1.68. The van der Waals surface area contributed by atoms with Crippen LogP contribution in [0, 0.1) is 6.92 Å². The molecule has 32 heavy (non-hydrogen) atoms. The van der Waals surface area contributed by atoms with Gasteiger partial charge in [0.1, 0.15) is 21.2 Å². The normalized spacial score (nSPS) is 12.3. The highest BCUT2D eigenvalue weighted by Crippen LogP contribution is 2.32. The minimum atomic E-state index is -0.231. The first kappa shape index (κ1) is 22.3. The van der Waals surface area contributed by atoms with Crippen molar-refractivity contribution in [1.82, 2.24) is 29.9 Å². The summed E-state index contributed by atoms with van der Waals surface area (Å²) in [5, 5.41) is 9.47. The summed E-state index contributed by atoms with van der Waals surface area (Å²) in [6, 6.07) is 1.66. The Labute approximate surface area is 193 Å². The zero-order valence-corrected chi connectivity index (χ0v) is 19.6. The minimum Gasteiger partial charge on any atom is -0.480 e. The van der Waals surface area contributed by atoms with Crippen molar-refractivity contribution in [3.05, 3.63) is 51.4 Å². The summed E-state index contributed by atoms with van der Waals surface area (Å²) in [6.45, 7) is 3.87. The summed E-state index contributed by atoms with van der Waals surface area (Å²) in [7, 11) is 3.11. The Morgan fingerprint density at radius 3 is 2.59 bits per heavy atom. The standard InChI is InChI=1S/C21H21ClN6O3S/c1-11(30-3)17-14(10-23-21-18(17)26-12(2)32-21)8-15(29)7-13-9-16(22)20(31-4)27-19(13)28-24-5-6-25-28/h5-6,9-11H,7-8H2,1-4H3. The summed E-state index contributed by atoms with van der Waals surface area (Å²) >= 11 is 7.79. The highest BCUT2D eigenvalue weighted by Gasteiger charge is 2.22. The van der Waals surface area contributed by atoms with Crippen molar-refractivity contribution in [2.24, 2.45) is 0 Å². The van der Waals surface area contributed by atoms with Gasteiger partial charge in [-0.1, -0.05) is 22.9 Å². The van der Waals surface area contributed by atoms with Crippen LogP contribution >= 0.6 is 22.9 Å². The third kappa shape index (κ3) is 4.34. The lowest BCUT2D eigenvalue weighted by atomic mass is 9.97. The molecule has 0 aliphatic rings. The van der Waals surface area contributed by atoms with E-state index in [1.165, 1.54) is 35.6 Å². The van der Waals surface area contributed by atoms with E-state index >= 15 is 0 Å². The Morgan fingerprint density at radius 2 is 1.91 bits per heavy atom. The largest absolute Gasteiger partial charge is 0.480 e. The number of Topliss-reactive ketones (excluding diaryl/α,β-unsaturated/α-hetero) is 1. The molecule has 0 amide bonds. The summed E-state index contributed by atoms with van der Waals surface area (Å²) < 4.78 is 10.8. The monoisotopic (exact) mass is 472 g/mol. The second-order valence-corrected chi connectivity index (χ2v) is 8.72. The zero-order valence-electron chi connectivity index (χ0n) is 18.0. The maximum absolute atomic E-state index is 13.1. The van der Waals surface area contributed by atoms with Crippen LogP contribution in [-0.2, 0) is 22.4 Å². The molecule has 4 aromatic rings. The lowest BCUT2D eigenvalue weighted by molar-refractivity contribution is -0.117. The van der Waals surface area contributed by atoms with Crippen LogP contribution in [0.25, 0.3) is 16.2 Å². The molecule has 0 aromatic carbocycles. The van der Waals surface area contributed by atoms with E-state index in [2.05, 4.69) is 25.1 Å². The number of carbonyl (C=O) groups is 1. The molecule has 0 radical (unpaired) electrons. The molecule has 166 valence electrons. The summed E-state index contributed by atoms with van der Waals surface area (Å²) in [4.78, 5) is 28.8. The molecule has 0 bridgehead atoms. The minimum absolute atomic E-state index is 0.0425. The highest BCUT2D eigenvalue weighted by atomic mass is 35.5. The van der Waals surface area contributed by atoms with Gasteiger partial charge in [-0.25, -0.2) is 9.97 Å². The molecule has 0 spiro atoms. The maximum Gasteiger partial charge on any atom is 0.234 e. The molecule has 1 atom stereocenters. The Kier molecular flexibility index (Phi) is 6.45. The maximum atomic E-state index is 13.1. The van der Waals surface area contributed by atoms with Crippen molar-refractivity contribution >= 4 is 39.1 Å². The molecule has 0 saturated carbocycles. The second kappa shape index (κ2) is 9.27. The van der Waals surface area contributed by atoms with E-state index in [1.54, 1.807) is 19.4 Å². The van der Waals surface area contributed by atoms with Crippen molar-refractivity contribution in [3.8, 4) is 11.7 Å². The molecule has 4 aromatic heterocycles. The number of ether oxygens (including phenoxy) is 2. The van der Waals surface area contributed by atoms with Gasteiger partial charge in [0.05, 0.1) is 30.6 Å². The molecule has 0 aliphatic heterocycles. The fraction of sp³-hybridized carbons (Fsp3) is 0.333. The van der Waals surface area contributed by atoms with Gasteiger partial charge < -0.3 is 9.47 Å². The number of nitrogens with zero attached hydrogens (tertiary/aromatic N) is 6. The van der Waals surface area contributed by atoms with Crippen LogP contribution in [0.3, 0.4) is 0 Å². The third-order valence-corrected chi connectivity index (χ3v) is 6.14. The summed E-state index contributed by atoms with van der Waals surface area (Å²) in [6.07, 6.45) is 4.82. The molecule has 0 fully saturated rings. The molecule has 0 N–H and O–H groups in total. The van der Waals surface area contributed by atoms with Gasteiger partial charge in [0.25, 0.3) is 0 Å². The van der Waals surface area contributed by atoms with Crippen molar-refractivity contribution in [1.29, 1.82) is 0 Å². The van der Waals surface area contributed by atoms with Gasteiger partial charge in [0, 0.05) is 37.3 Å². The van der Waals surface area contributed by atoms with E-state index in [-0.39, 0.29) is 30.6 Å². The predicted molar refractivity (Wildman–Crippen MR) is 121 cm³/mol. The van der Waals surface area contributed by atoms with E-state index in [1.807, 2.05) is 13.8 Å². The molecule has 0 aliphatic carbocycles. The Hall–Kier alpha value is -2.95. The van der Waals surface area contributed by atoms with E-state index < -0.39 is 0 Å². The SMILES string of the molecule is COc1nc(-n2nccn2)c(CC(=O)Cc2cnc3sc(C)nc3c2C(C)OC)cc1Cl. The van der Waals surface area contributed by atoms with Crippen molar-refractivity contribution < 1.29 is 14.3 Å². The van der Waals surface area contributed by atoms with Crippen molar-refractivity contribution in [2.45, 2.75) is 32.8 Å². The van der Waals surface area contributed by atoms with Gasteiger partial charge >= 0.3 is 0 Å². The molecule has 4 heterocycles. The number of carbonyl (C=O) groups excluding carboxylic acids is 1. The van der Waals surface area contributed by atoms with Crippen LogP contribution in [0.15, 0.2) is 24.7 Å². The molecule has 11 heteroatoms. The number of thiazole rings is 1. The molecule has 4 rings (SSSR count). The van der Waals surface area contributed by atoms with Crippen LogP contribution < -0.4 is 4.74 Å². The molecule has 9 nitrogen and oxygen atoms in total. The van der Waals surface area contributed by atoms with Gasteiger partial charge in [0.2, 0.25) is 5.88 Å². The highest BCUT2D eigenvalue weighted by molar-refractivity contribution is 7.18. The number of aromatic nitrogens is 6.